The summed E-state index contributed by atoms with van der Waals surface area (Å²) in [5.74, 6) is 1.57. The summed E-state index contributed by atoms with van der Waals surface area (Å²) in [7, 11) is 0. The van der Waals surface area contributed by atoms with Gasteiger partial charge in [-0.15, -0.1) is 0 Å². The van der Waals surface area contributed by atoms with Crippen LogP contribution < -0.4 is 10.6 Å². The van der Waals surface area contributed by atoms with Crippen LogP contribution in [0, 0.1) is 11.8 Å². The summed E-state index contributed by atoms with van der Waals surface area (Å²) in [6.07, 6.45) is 6.72. The van der Waals surface area contributed by atoms with E-state index < -0.39 is 0 Å². The summed E-state index contributed by atoms with van der Waals surface area (Å²) in [5.41, 5.74) is 8.94. The summed E-state index contributed by atoms with van der Waals surface area (Å²) in [5, 5.41) is 0. The minimum atomic E-state index is 0.756. The van der Waals surface area contributed by atoms with Crippen molar-refractivity contribution in [3.63, 3.8) is 0 Å². The molecule has 0 saturated heterocycles. The predicted octanol–water partition coefficient (Wildman–Crippen LogP) is 2.81. The molecule has 1 fully saturated rings. The van der Waals surface area contributed by atoms with E-state index in [1.54, 1.807) is 0 Å². The summed E-state index contributed by atoms with van der Waals surface area (Å²) < 4.78 is 0. The van der Waals surface area contributed by atoms with E-state index in [1.165, 1.54) is 56.4 Å². The predicted molar refractivity (Wildman–Crippen MR) is 76.9 cm³/mol. The molecule has 2 atom stereocenters. The molecule has 0 aromatic heterocycles. The molecule has 0 amide bonds. The quantitative estimate of drug-likeness (QED) is 0.886. The van der Waals surface area contributed by atoms with E-state index in [4.69, 9.17) is 5.73 Å². The molecule has 2 N–H and O–H groups in total. The second-order valence-corrected chi connectivity index (χ2v) is 5.87. The zero-order valence-corrected chi connectivity index (χ0v) is 11.1. The van der Waals surface area contributed by atoms with Crippen molar-refractivity contribution in [3.8, 4) is 0 Å². The molecule has 0 bridgehead atoms. The van der Waals surface area contributed by atoms with Gasteiger partial charge in [0.1, 0.15) is 0 Å². The van der Waals surface area contributed by atoms with Crippen LogP contribution in [-0.4, -0.2) is 19.6 Å². The number of nitrogens with two attached hydrogens (primary N) is 1. The second kappa shape index (κ2) is 5.31. The van der Waals surface area contributed by atoms with Gasteiger partial charge >= 0.3 is 0 Å². The van der Waals surface area contributed by atoms with E-state index in [9.17, 15) is 0 Å². The van der Waals surface area contributed by atoms with E-state index in [0.717, 1.165) is 18.4 Å². The molecule has 1 aromatic carbocycles. The Labute approximate surface area is 110 Å². The number of benzene rings is 1. The number of anilines is 1. The van der Waals surface area contributed by atoms with Crippen LogP contribution in [0.4, 0.5) is 5.69 Å². The normalized spacial score (nSPS) is 27.3. The van der Waals surface area contributed by atoms with Gasteiger partial charge < -0.3 is 10.6 Å². The van der Waals surface area contributed by atoms with Crippen molar-refractivity contribution >= 4 is 5.69 Å². The molecule has 0 radical (unpaired) electrons. The number of fused-ring (bicyclic) bond motifs is 1. The maximum absolute atomic E-state index is 5.94. The van der Waals surface area contributed by atoms with Crippen LogP contribution in [-0.2, 0) is 6.42 Å². The molecule has 1 aliphatic heterocycles. The molecule has 2 unspecified atom stereocenters. The van der Waals surface area contributed by atoms with Crippen molar-refractivity contribution in [2.75, 3.05) is 24.5 Å². The Balaban J connectivity index is 1.70. The molecule has 1 aromatic rings. The first-order valence-electron chi connectivity index (χ1n) is 7.41. The monoisotopic (exact) mass is 244 g/mol. The smallest absolute Gasteiger partial charge is 0.0399 e. The van der Waals surface area contributed by atoms with Crippen molar-refractivity contribution in [1.82, 2.24) is 0 Å². The molecule has 1 saturated carbocycles. The fraction of sp³-hybridized carbons (Fsp3) is 0.625. The molecule has 0 spiro atoms. The maximum atomic E-state index is 5.94. The zero-order valence-electron chi connectivity index (χ0n) is 11.1. The molecule has 1 heterocycles. The minimum absolute atomic E-state index is 0.756. The number of nitrogens with zero attached hydrogens (tertiary/aromatic N) is 1. The fourth-order valence-corrected chi connectivity index (χ4v) is 3.71. The highest BCUT2D eigenvalue weighted by atomic mass is 15.1. The molecule has 98 valence electrons. The van der Waals surface area contributed by atoms with Gasteiger partial charge in [-0.2, -0.15) is 0 Å². The van der Waals surface area contributed by atoms with Gasteiger partial charge in [-0.25, -0.2) is 0 Å². The lowest BCUT2D eigenvalue weighted by atomic mass is 9.79. The van der Waals surface area contributed by atoms with Crippen molar-refractivity contribution < 1.29 is 0 Å². The van der Waals surface area contributed by atoms with Gasteiger partial charge in [-0.1, -0.05) is 31.0 Å². The Kier molecular flexibility index (Phi) is 3.55. The second-order valence-electron chi connectivity index (χ2n) is 5.87. The largest absolute Gasteiger partial charge is 0.371 e. The van der Waals surface area contributed by atoms with E-state index in [0.29, 0.717) is 0 Å². The first kappa shape index (κ1) is 12.0. The molecule has 2 heteroatoms. The van der Waals surface area contributed by atoms with E-state index >= 15 is 0 Å². The summed E-state index contributed by atoms with van der Waals surface area (Å²) in [6.45, 7) is 3.30. The zero-order chi connectivity index (χ0) is 12.4. The Bertz CT molecular complexity index is 402. The van der Waals surface area contributed by atoms with Crippen molar-refractivity contribution in [3.05, 3.63) is 29.8 Å². The third-order valence-corrected chi connectivity index (χ3v) is 4.81. The highest BCUT2D eigenvalue weighted by Gasteiger charge is 2.28. The van der Waals surface area contributed by atoms with E-state index in [1.807, 2.05) is 0 Å². The number of para-hydroxylation sites is 1. The topological polar surface area (TPSA) is 29.3 Å². The summed E-state index contributed by atoms with van der Waals surface area (Å²) in [6, 6.07) is 8.88. The Hall–Kier alpha value is -1.02. The third kappa shape index (κ3) is 2.26. The first-order valence-corrected chi connectivity index (χ1v) is 7.41. The van der Waals surface area contributed by atoms with Gasteiger partial charge in [0.2, 0.25) is 0 Å². The van der Waals surface area contributed by atoms with Gasteiger partial charge in [-0.3, -0.25) is 0 Å². The van der Waals surface area contributed by atoms with Gasteiger partial charge in [-0.05, 0) is 49.3 Å². The highest BCUT2D eigenvalue weighted by Crippen LogP contribution is 2.34. The van der Waals surface area contributed by atoms with Crippen molar-refractivity contribution in [2.45, 2.75) is 32.1 Å². The molecule has 2 nitrogen and oxygen atoms in total. The van der Waals surface area contributed by atoms with Crippen molar-refractivity contribution in [1.29, 1.82) is 0 Å². The Morgan fingerprint density at radius 3 is 2.72 bits per heavy atom. The molecule has 1 aliphatic carbocycles. The van der Waals surface area contributed by atoms with Crippen LogP contribution in [0.3, 0.4) is 0 Å². The Morgan fingerprint density at radius 2 is 1.89 bits per heavy atom. The first-order chi connectivity index (χ1) is 8.88. The van der Waals surface area contributed by atoms with Gasteiger partial charge in [0.05, 0.1) is 0 Å². The van der Waals surface area contributed by atoms with E-state index in [2.05, 4.69) is 29.2 Å². The molecule has 2 aliphatic rings. The van der Waals surface area contributed by atoms with Crippen molar-refractivity contribution in [2.24, 2.45) is 17.6 Å². The average molecular weight is 244 g/mol. The van der Waals surface area contributed by atoms with Crippen LogP contribution in [0.2, 0.25) is 0 Å². The number of hydrogen-bond donors (Lipinski definition) is 1. The molecular weight excluding hydrogens is 220 g/mol. The van der Waals surface area contributed by atoms with Gasteiger partial charge in [0.25, 0.3) is 0 Å². The molecular formula is C16H24N2. The summed E-state index contributed by atoms with van der Waals surface area (Å²) >= 11 is 0. The number of hydrogen-bond acceptors (Lipinski definition) is 2. The van der Waals surface area contributed by atoms with Crippen LogP contribution in [0.15, 0.2) is 24.3 Å². The summed E-state index contributed by atoms with van der Waals surface area (Å²) in [4.78, 5) is 2.59. The van der Waals surface area contributed by atoms with Gasteiger partial charge in [0.15, 0.2) is 0 Å². The minimum Gasteiger partial charge on any atom is -0.371 e. The SMILES string of the molecule is NCC1CCCCC1CN1CCc2ccccc21. The molecule has 3 rings (SSSR count). The van der Waals surface area contributed by atoms with Gasteiger partial charge in [0, 0.05) is 18.8 Å². The third-order valence-electron chi connectivity index (χ3n) is 4.81. The van der Waals surface area contributed by atoms with Crippen LogP contribution >= 0.6 is 0 Å². The lowest BCUT2D eigenvalue weighted by molar-refractivity contribution is 0.246. The average Bonchev–Trinajstić information content (AvgIpc) is 2.83. The highest BCUT2D eigenvalue weighted by molar-refractivity contribution is 5.57. The van der Waals surface area contributed by atoms with Crippen LogP contribution in [0.1, 0.15) is 31.2 Å². The standard InChI is InChI=1S/C16H24N2/c17-11-14-6-1-2-7-15(14)12-18-10-9-13-5-3-4-8-16(13)18/h3-5,8,14-15H,1-2,6-7,9-12,17H2. The fourth-order valence-electron chi connectivity index (χ4n) is 3.71. The number of rotatable bonds is 3. The van der Waals surface area contributed by atoms with Crippen LogP contribution in [0.5, 0.6) is 0 Å². The maximum Gasteiger partial charge on any atom is 0.0399 e. The Morgan fingerprint density at radius 1 is 1.11 bits per heavy atom. The van der Waals surface area contributed by atoms with Crippen LogP contribution in [0.25, 0.3) is 0 Å². The van der Waals surface area contributed by atoms with E-state index in [-0.39, 0.29) is 0 Å². The lowest BCUT2D eigenvalue weighted by Gasteiger charge is -2.34. The molecule has 18 heavy (non-hydrogen) atoms. The lowest BCUT2D eigenvalue weighted by Crippen LogP contribution is -2.36.